The lowest BCUT2D eigenvalue weighted by Crippen LogP contribution is -2.11. The predicted molar refractivity (Wildman–Crippen MR) is 292 cm³/mol. The number of carbonyl (C=O) groups excluding carboxylic acids is 1. The van der Waals surface area contributed by atoms with Crippen LogP contribution >= 0.6 is 0 Å². The fraction of sp³-hybridized carbons (Fsp3) is 0.0469. The number of fused-ring (bicyclic) bond motifs is 8. The standard InChI is InChI=1S/C64H45N5O/c70-58(21-10-12-40-38-47-24-22-44-19-11-20-45-23-25-48(39-40)60(47)59(44)45)65-49-28-26-46(27-29-49)64-56-36-34-54(68-56)62(42-15-6-2-7-16-42)52-32-30-50(66-52)61(41-13-4-1-5-14-41)51-31-33-53(67-51)63(43-17-8-3-9-18-43)55-35-37-57(64)69-55/h1-9,11,13-20,22-39,66,69H,10,12,21H2,(H,65,70). The largest absolute Gasteiger partial charge is 0.354 e. The first-order valence-electron chi connectivity index (χ1n) is 24.0. The summed E-state index contributed by atoms with van der Waals surface area (Å²) in [5, 5.41) is 10.9. The summed E-state index contributed by atoms with van der Waals surface area (Å²) >= 11 is 0. The molecule has 0 spiro atoms. The molecule has 6 nitrogen and oxygen atoms in total. The summed E-state index contributed by atoms with van der Waals surface area (Å²) in [6, 6.07) is 68.1. The maximum atomic E-state index is 13.5. The van der Waals surface area contributed by atoms with Gasteiger partial charge in [-0.25, -0.2) is 9.97 Å². The summed E-state index contributed by atoms with van der Waals surface area (Å²) < 4.78 is 0. The average Bonchev–Trinajstić information content (AvgIpc) is 4.26. The van der Waals surface area contributed by atoms with E-state index in [4.69, 9.17) is 9.97 Å². The van der Waals surface area contributed by atoms with Crippen LogP contribution in [0.25, 0.3) is 123 Å². The number of aryl methyl sites for hydroxylation is 1. The zero-order valence-electron chi connectivity index (χ0n) is 38.2. The van der Waals surface area contributed by atoms with Crippen LogP contribution in [-0.4, -0.2) is 25.8 Å². The Kier molecular flexibility index (Phi) is 10.1. The van der Waals surface area contributed by atoms with Crippen molar-refractivity contribution in [2.45, 2.75) is 19.3 Å². The van der Waals surface area contributed by atoms with Crippen LogP contribution in [0, 0.1) is 0 Å². The molecule has 1 amide bonds. The Labute approximate surface area is 404 Å². The van der Waals surface area contributed by atoms with Gasteiger partial charge in [-0.2, -0.15) is 0 Å². The molecule has 2 aliphatic rings. The van der Waals surface area contributed by atoms with Gasteiger partial charge in [0.2, 0.25) is 5.91 Å². The van der Waals surface area contributed by atoms with Crippen molar-refractivity contribution in [3.63, 3.8) is 0 Å². The van der Waals surface area contributed by atoms with Crippen molar-refractivity contribution in [3.8, 4) is 44.5 Å². The van der Waals surface area contributed by atoms with Gasteiger partial charge in [0.05, 0.1) is 22.8 Å². The molecule has 70 heavy (non-hydrogen) atoms. The lowest BCUT2D eigenvalue weighted by molar-refractivity contribution is -0.116. The van der Waals surface area contributed by atoms with E-state index in [-0.39, 0.29) is 5.91 Å². The second-order valence-corrected chi connectivity index (χ2v) is 18.2. The molecule has 11 aromatic rings. The van der Waals surface area contributed by atoms with Crippen LogP contribution < -0.4 is 5.32 Å². The lowest BCUT2D eigenvalue weighted by atomic mass is 9.92. The molecule has 332 valence electrons. The molecule has 0 saturated heterocycles. The van der Waals surface area contributed by atoms with Crippen molar-refractivity contribution >= 4 is 90.3 Å². The third kappa shape index (κ3) is 7.43. The summed E-state index contributed by atoms with van der Waals surface area (Å²) in [6.45, 7) is 0. The van der Waals surface area contributed by atoms with Crippen LogP contribution in [0.3, 0.4) is 0 Å². The number of nitrogens with one attached hydrogen (secondary N) is 3. The van der Waals surface area contributed by atoms with Crippen LogP contribution in [0.4, 0.5) is 5.69 Å². The number of benzene rings is 8. The van der Waals surface area contributed by atoms with E-state index in [9.17, 15) is 4.79 Å². The molecular formula is C64H45N5O. The van der Waals surface area contributed by atoms with Crippen molar-refractivity contribution in [1.82, 2.24) is 19.9 Å². The normalized spacial score (nSPS) is 12.1. The molecule has 3 aromatic heterocycles. The second kappa shape index (κ2) is 17.2. The van der Waals surface area contributed by atoms with Gasteiger partial charge in [0.25, 0.3) is 0 Å². The van der Waals surface area contributed by atoms with E-state index in [1.54, 1.807) is 0 Å². The highest BCUT2D eigenvalue weighted by atomic mass is 16.1. The number of rotatable bonds is 9. The van der Waals surface area contributed by atoms with Gasteiger partial charge in [0.1, 0.15) is 0 Å². The zero-order valence-corrected chi connectivity index (χ0v) is 38.2. The van der Waals surface area contributed by atoms with E-state index < -0.39 is 0 Å². The third-order valence-electron chi connectivity index (χ3n) is 13.8. The van der Waals surface area contributed by atoms with E-state index in [1.807, 2.05) is 30.3 Å². The highest BCUT2D eigenvalue weighted by molar-refractivity contribution is 6.23. The van der Waals surface area contributed by atoms with Gasteiger partial charge in [-0.1, -0.05) is 158 Å². The van der Waals surface area contributed by atoms with Crippen molar-refractivity contribution in [2.24, 2.45) is 0 Å². The van der Waals surface area contributed by atoms with Crippen molar-refractivity contribution in [3.05, 3.63) is 222 Å². The van der Waals surface area contributed by atoms with Crippen LogP contribution in [0.5, 0.6) is 0 Å². The molecule has 5 heterocycles. The lowest BCUT2D eigenvalue weighted by Gasteiger charge is -2.12. The summed E-state index contributed by atoms with van der Waals surface area (Å²) in [5.41, 5.74) is 17.3. The van der Waals surface area contributed by atoms with Crippen LogP contribution in [-0.2, 0) is 11.2 Å². The molecule has 8 bridgehead atoms. The maximum Gasteiger partial charge on any atom is 0.224 e. The van der Waals surface area contributed by atoms with E-state index in [2.05, 4.69) is 203 Å². The van der Waals surface area contributed by atoms with E-state index in [0.29, 0.717) is 6.42 Å². The van der Waals surface area contributed by atoms with Gasteiger partial charge in [-0.3, -0.25) is 4.79 Å². The van der Waals surface area contributed by atoms with Crippen molar-refractivity contribution in [2.75, 3.05) is 5.32 Å². The Hall–Kier alpha value is -9.13. The fourth-order valence-corrected chi connectivity index (χ4v) is 10.6. The quantitative estimate of drug-likeness (QED) is 0.126. The minimum Gasteiger partial charge on any atom is -0.354 e. The summed E-state index contributed by atoms with van der Waals surface area (Å²) in [6.07, 6.45) is 10.5. The van der Waals surface area contributed by atoms with E-state index in [0.717, 1.165) is 108 Å². The Balaban J connectivity index is 0.888. The molecule has 0 saturated carbocycles. The number of carbonyl (C=O) groups is 1. The molecule has 0 fully saturated rings. The Morgan fingerprint density at radius 1 is 0.400 bits per heavy atom. The maximum absolute atomic E-state index is 13.5. The molecule has 0 unspecified atom stereocenters. The minimum absolute atomic E-state index is 0.00248. The highest BCUT2D eigenvalue weighted by Gasteiger charge is 2.19. The predicted octanol–water partition coefficient (Wildman–Crippen LogP) is 16.2. The number of H-pyrrole nitrogens is 2. The number of aromatic amines is 2. The number of aromatic nitrogens is 4. The minimum atomic E-state index is -0.00248. The molecular weight excluding hydrogens is 855 g/mol. The first kappa shape index (κ1) is 41.1. The number of hydrogen-bond donors (Lipinski definition) is 3. The second-order valence-electron chi connectivity index (χ2n) is 18.2. The van der Waals surface area contributed by atoms with Gasteiger partial charge < -0.3 is 15.3 Å². The molecule has 0 atom stereocenters. The Morgan fingerprint density at radius 2 is 0.786 bits per heavy atom. The Morgan fingerprint density at radius 3 is 1.21 bits per heavy atom. The molecule has 13 rings (SSSR count). The first-order valence-corrected chi connectivity index (χ1v) is 24.0. The molecule has 6 heteroatoms. The SMILES string of the molecule is O=C(CCCc1cc2ccc3cccc4ccc(c1)c2c34)Nc1ccc(-c2c3nc(c(-c4ccccc4)c4ccc([nH]4)c(-c4ccccc4)c4nc(c(-c5ccccc5)c5ccc2[nH]5)C=C4)C=C3)cc1. The van der Waals surface area contributed by atoms with Gasteiger partial charge >= 0.3 is 0 Å². The van der Waals surface area contributed by atoms with Crippen LogP contribution in [0.2, 0.25) is 0 Å². The van der Waals surface area contributed by atoms with Gasteiger partial charge in [-0.15, -0.1) is 0 Å². The van der Waals surface area contributed by atoms with Crippen molar-refractivity contribution in [1.29, 1.82) is 0 Å². The summed E-state index contributed by atoms with van der Waals surface area (Å²) in [5.74, 6) is -0.00248. The Bertz CT molecular complexity index is 3950. The highest BCUT2D eigenvalue weighted by Crippen LogP contribution is 2.39. The smallest absolute Gasteiger partial charge is 0.224 e. The molecule has 2 aliphatic heterocycles. The van der Waals surface area contributed by atoms with Gasteiger partial charge in [0, 0.05) is 56.4 Å². The van der Waals surface area contributed by atoms with Crippen LogP contribution in [0.15, 0.2) is 194 Å². The zero-order chi connectivity index (χ0) is 46.5. The van der Waals surface area contributed by atoms with Crippen molar-refractivity contribution < 1.29 is 4.79 Å². The topological polar surface area (TPSA) is 86.5 Å². The van der Waals surface area contributed by atoms with E-state index >= 15 is 0 Å². The number of anilines is 1. The molecule has 3 N–H and O–H groups in total. The summed E-state index contributed by atoms with van der Waals surface area (Å²) in [4.78, 5) is 32.0. The molecule has 8 aromatic carbocycles. The van der Waals surface area contributed by atoms with Crippen LogP contribution in [0.1, 0.15) is 41.2 Å². The number of hydrogen-bond acceptors (Lipinski definition) is 3. The third-order valence-corrected chi connectivity index (χ3v) is 13.8. The van der Waals surface area contributed by atoms with E-state index in [1.165, 1.54) is 37.9 Å². The van der Waals surface area contributed by atoms with Gasteiger partial charge in [-0.05, 0) is 134 Å². The monoisotopic (exact) mass is 899 g/mol. The average molecular weight is 900 g/mol. The number of nitrogens with zero attached hydrogens (tertiary/aromatic N) is 2. The summed E-state index contributed by atoms with van der Waals surface area (Å²) in [7, 11) is 0. The van der Waals surface area contributed by atoms with Gasteiger partial charge in [0.15, 0.2) is 0 Å². The molecule has 0 aliphatic carbocycles. The first-order chi connectivity index (χ1) is 34.6. The molecule has 0 radical (unpaired) electrons. The number of amides is 1. The fourth-order valence-electron chi connectivity index (χ4n) is 10.6.